The van der Waals surface area contributed by atoms with Crippen LogP contribution in [0.25, 0.3) is 0 Å². The van der Waals surface area contributed by atoms with Crippen molar-refractivity contribution < 1.29 is 0 Å². The zero-order chi connectivity index (χ0) is 29.4. The van der Waals surface area contributed by atoms with Crippen LogP contribution in [-0.2, 0) is 0 Å². The fourth-order valence-electron chi connectivity index (χ4n) is 7.00. The summed E-state index contributed by atoms with van der Waals surface area (Å²) < 4.78 is 3.08. The molecule has 40 heavy (non-hydrogen) atoms. The van der Waals surface area contributed by atoms with Crippen molar-refractivity contribution >= 4 is 8.24 Å². The fourth-order valence-corrected chi connectivity index (χ4v) is 11.1. The summed E-state index contributed by atoms with van der Waals surface area (Å²) in [6.45, 7) is 14.9. The van der Waals surface area contributed by atoms with Crippen LogP contribution >= 0.6 is 0 Å². The van der Waals surface area contributed by atoms with Gasteiger partial charge in [-0.3, -0.25) is 0 Å². The van der Waals surface area contributed by atoms with Crippen LogP contribution in [0.2, 0.25) is 18.1 Å². The van der Waals surface area contributed by atoms with Crippen LogP contribution in [0.3, 0.4) is 0 Å². The SMILES string of the molecule is CCCCCCCCCCCCCCCCN(CCCCCCCCCCCCCCCC)[Si](CC)(CC)CC. The Morgan fingerprint density at radius 1 is 0.275 bits per heavy atom. The molecule has 2 heteroatoms. The van der Waals surface area contributed by atoms with Gasteiger partial charge in [0.05, 0.1) is 0 Å². The molecule has 0 aliphatic carbocycles. The van der Waals surface area contributed by atoms with E-state index < -0.39 is 8.24 Å². The molecule has 0 spiro atoms. The van der Waals surface area contributed by atoms with Crippen LogP contribution in [0.5, 0.6) is 0 Å². The van der Waals surface area contributed by atoms with Gasteiger partial charge in [0, 0.05) is 0 Å². The van der Waals surface area contributed by atoms with Crippen molar-refractivity contribution in [2.45, 2.75) is 233 Å². The van der Waals surface area contributed by atoms with E-state index in [4.69, 9.17) is 0 Å². The first-order valence-electron chi connectivity index (χ1n) is 19.5. The van der Waals surface area contributed by atoms with E-state index in [0.29, 0.717) is 0 Å². The second kappa shape index (κ2) is 32.1. The monoisotopic (exact) mass is 580 g/mol. The summed E-state index contributed by atoms with van der Waals surface area (Å²) in [6.07, 6.45) is 41.0. The summed E-state index contributed by atoms with van der Waals surface area (Å²) in [6, 6.07) is 4.37. The highest BCUT2D eigenvalue weighted by Gasteiger charge is 2.33. The molecule has 0 N–H and O–H groups in total. The maximum Gasteiger partial charge on any atom is 0.127 e. The Bertz CT molecular complexity index is 420. The van der Waals surface area contributed by atoms with Crippen molar-refractivity contribution in [2.24, 2.45) is 0 Å². The lowest BCUT2D eigenvalue weighted by Gasteiger charge is -2.41. The summed E-state index contributed by atoms with van der Waals surface area (Å²) in [5.41, 5.74) is 0. The number of nitrogens with zero attached hydrogens (tertiary/aromatic N) is 1. The van der Waals surface area contributed by atoms with Gasteiger partial charge in [-0.05, 0) is 44.1 Å². The lowest BCUT2D eigenvalue weighted by molar-refractivity contribution is 0.378. The molecule has 0 aromatic carbocycles. The molecule has 0 radical (unpaired) electrons. The predicted molar refractivity (Wildman–Crippen MR) is 189 cm³/mol. The molecule has 1 nitrogen and oxygen atoms in total. The van der Waals surface area contributed by atoms with E-state index in [1.54, 1.807) is 0 Å². The Morgan fingerprint density at radius 2 is 0.475 bits per heavy atom. The van der Waals surface area contributed by atoms with Crippen molar-refractivity contribution in [1.82, 2.24) is 4.57 Å². The van der Waals surface area contributed by atoms with Gasteiger partial charge >= 0.3 is 0 Å². The maximum absolute atomic E-state index is 3.08. The molecule has 0 unspecified atom stereocenters. The van der Waals surface area contributed by atoms with Gasteiger partial charge in [0.1, 0.15) is 8.24 Å². The van der Waals surface area contributed by atoms with Crippen molar-refractivity contribution in [2.75, 3.05) is 13.1 Å². The molecule has 0 amide bonds. The molecule has 0 atom stereocenters. The van der Waals surface area contributed by atoms with E-state index in [0.717, 1.165) is 0 Å². The van der Waals surface area contributed by atoms with Crippen LogP contribution in [0.1, 0.15) is 214 Å². The number of unbranched alkanes of at least 4 members (excludes halogenated alkanes) is 26. The standard InChI is InChI=1S/C38H81NSi/c1-6-11-13-15-17-19-21-23-25-27-29-31-33-35-37-39(40(8-3,9-4)10-5)38-36-34-32-30-28-26-24-22-20-18-16-14-12-7-2/h6-38H2,1-5H3. The molecular weight excluding hydrogens is 499 g/mol. The quantitative estimate of drug-likeness (QED) is 0.0541. The molecule has 242 valence electrons. The minimum absolute atomic E-state index is 1.22. The summed E-state index contributed by atoms with van der Waals surface area (Å²) in [4.78, 5) is 0. The van der Waals surface area contributed by atoms with E-state index in [-0.39, 0.29) is 0 Å². The maximum atomic E-state index is 3.08. The number of hydrogen-bond donors (Lipinski definition) is 0. The van der Waals surface area contributed by atoms with Crippen LogP contribution in [-0.4, -0.2) is 25.9 Å². The average molecular weight is 580 g/mol. The van der Waals surface area contributed by atoms with Gasteiger partial charge in [0.15, 0.2) is 0 Å². The highest BCUT2D eigenvalue weighted by Crippen LogP contribution is 2.26. The molecular formula is C38H81NSi. The topological polar surface area (TPSA) is 3.24 Å². The first-order valence-corrected chi connectivity index (χ1v) is 22.0. The Labute approximate surface area is 257 Å². The van der Waals surface area contributed by atoms with Gasteiger partial charge in [0.2, 0.25) is 0 Å². The minimum atomic E-state index is -1.22. The van der Waals surface area contributed by atoms with Gasteiger partial charge in [-0.1, -0.05) is 202 Å². The number of rotatable bonds is 34. The average Bonchev–Trinajstić information content (AvgIpc) is 2.98. The van der Waals surface area contributed by atoms with Gasteiger partial charge < -0.3 is 4.57 Å². The lowest BCUT2D eigenvalue weighted by Crippen LogP contribution is -2.52. The van der Waals surface area contributed by atoms with Gasteiger partial charge in [-0.25, -0.2) is 0 Å². The Balaban J connectivity index is 3.89. The van der Waals surface area contributed by atoms with Crippen molar-refractivity contribution in [3.05, 3.63) is 0 Å². The van der Waals surface area contributed by atoms with Crippen LogP contribution in [0.15, 0.2) is 0 Å². The highest BCUT2D eigenvalue weighted by atomic mass is 28.3. The lowest BCUT2D eigenvalue weighted by atomic mass is 10.0. The zero-order valence-electron chi connectivity index (χ0n) is 29.3. The molecule has 0 aliphatic heterocycles. The molecule has 0 aromatic heterocycles. The molecule has 0 aromatic rings. The van der Waals surface area contributed by atoms with E-state index in [9.17, 15) is 0 Å². The first-order chi connectivity index (χ1) is 19.7. The smallest absolute Gasteiger partial charge is 0.127 e. The van der Waals surface area contributed by atoms with Gasteiger partial charge in [-0.15, -0.1) is 0 Å². The molecule has 0 saturated heterocycles. The largest absolute Gasteiger partial charge is 0.323 e. The van der Waals surface area contributed by atoms with Crippen LogP contribution < -0.4 is 0 Å². The van der Waals surface area contributed by atoms with Crippen molar-refractivity contribution in [3.63, 3.8) is 0 Å². The number of hydrogen-bond acceptors (Lipinski definition) is 1. The highest BCUT2D eigenvalue weighted by molar-refractivity contribution is 6.77. The molecule has 0 saturated carbocycles. The Kier molecular flexibility index (Phi) is 32.2. The van der Waals surface area contributed by atoms with E-state index in [1.807, 2.05) is 0 Å². The Hall–Kier alpha value is 0.177. The summed E-state index contributed by atoms with van der Waals surface area (Å²) in [5.74, 6) is 0. The summed E-state index contributed by atoms with van der Waals surface area (Å²) in [7, 11) is -1.22. The molecule has 0 fully saturated rings. The molecule has 0 rings (SSSR count). The first kappa shape index (κ1) is 40.2. The predicted octanol–water partition coefficient (Wildman–Crippen LogP) is 14.3. The van der Waals surface area contributed by atoms with Gasteiger partial charge in [0.25, 0.3) is 0 Å². The fraction of sp³-hybridized carbons (Fsp3) is 1.00. The second-order valence-electron chi connectivity index (χ2n) is 13.5. The second-order valence-corrected chi connectivity index (χ2v) is 18.7. The minimum Gasteiger partial charge on any atom is -0.323 e. The van der Waals surface area contributed by atoms with E-state index in [2.05, 4.69) is 39.2 Å². The van der Waals surface area contributed by atoms with Crippen molar-refractivity contribution in [3.8, 4) is 0 Å². The normalized spacial score (nSPS) is 12.2. The van der Waals surface area contributed by atoms with E-state index >= 15 is 0 Å². The Morgan fingerprint density at radius 3 is 0.675 bits per heavy atom. The zero-order valence-corrected chi connectivity index (χ0v) is 30.3. The van der Waals surface area contributed by atoms with E-state index in [1.165, 1.54) is 211 Å². The summed E-state index contributed by atoms with van der Waals surface area (Å²) in [5, 5.41) is 0. The molecule has 0 aliphatic rings. The molecule has 0 bridgehead atoms. The third kappa shape index (κ3) is 23.7. The van der Waals surface area contributed by atoms with Crippen LogP contribution in [0, 0.1) is 0 Å². The van der Waals surface area contributed by atoms with Gasteiger partial charge in [-0.2, -0.15) is 0 Å². The third-order valence-corrected chi connectivity index (χ3v) is 15.9. The third-order valence-electron chi connectivity index (χ3n) is 10.2. The molecule has 0 heterocycles. The van der Waals surface area contributed by atoms with Crippen molar-refractivity contribution in [1.29, 1.82) is 0 Å². The van der Waals surface area contributed by atoms with Crippen LogP contribution in [0.4, 0.5) is 0 Å². The summed E-state index contributed by atoms with van der Waals surface area (Å²) >= 11 is 0.